The Bertz CT molecular complexity index is 3490. The van der Waals surface area contributed by atoms with Gasteiger partial charge >= 0.3 is 0 Å². The van der Waals surface area contributed by atoms with Crippen molar-refractivity contribution in [2.24, 2.45) is 0 Å². The number of hydrogen-bond acceptors (Lipinski definition) is 4. The van der Waals surface area contributed by atoms with Crippen LogP contribution in [0.15, 0.2) is 161 Å². The third-order valence-corrected chi connectivity index (χ3v) is 14.2. The maximum atomic E-state index is 12.8. The quantitative estimate of drug-likeness (QED) is 0.118. The molecule has 0 saturated carbocycles. The van der Waals surface area contributed by atoms with Crippen LogP contribution in [-0.4, -0.2) is 22.6 Å². The van der Waals surface area contributed by atoms with E-state index in [0.717, 1.165) is 94.4 Å². The Morgan fingerprint density at radius 3 is 2.11 bits per heavy atom. The van der Waals surface area contributed by atoms with Gasteiger partial charge in [0, 0.05) is 59.5 Å². The van der Waals surface area contributed by atoms with E-state index in [4.69, 9.17) is 13.8 Å². The minimum atomic E-state index is -1.30. The summed E-state index contributed by atoms with van der Waals surface area (Å²) in [5, 5.41) is 5.75. The number of rotatable bonds is 7. The van der Waals surface area contributed by atoms with Crippen molar-refractivity contribution in [2.45, 2.75) is 59.2 Å². The fourth-order valence-corrected chi connectivity index (χ4v) is 9.86. The average Bonchev–Trinajstić information content (AvgIpc) is 4.00. The molecular weight excluding hydrogens is 998 g/mol. The van der Waals surface area contributed by atoms with Gasteiger partial charge in [-0.1, -0.05) is 143 Å². The number of para-hydroxylation sites is 3. The van der Waals surface area contributed by atoms with Crippen LogP contribution < -0.4 is 5.19 Å². The van der Waals surface area contributed by atoms with Gasteiger partial charge in [-0.15, -0.1) is 48.0 Å². The van der Waals surface area contributed by atoms with Crippen LogP contribution >= 0.6 is 0 Å². The summed E-state index contributed by atoms with van der Waals surface area (Å²) in [5.41, 5.74) is 13.8. The summed E-state index contributed by atoms with van der Waals surface area (Å²) >= 11 is 0. The van der Waals surface area contributed by atoms with Gasteiger partial charge in [-0.25, -0.2) is 0 Å². The van der Waals surface area contributed by atoms with Crippen molar-refractivity contribution >= 4 is 68.2 Å². The average molecular weight is 1050 g/mol. The van der Waals surface area contributed by atoms with Crippen LogP contribution in [0.1, 0.15) is 50.7 Å². The van der Waals surface area contributed by atoms with Crippen LogP contribution in [0.4, 0.5) is 4.39 Å². The van der Waals surface area contributed by atoms with Gasteiger partial charge < -0.3 is 18.4 Å². The third kappa shape index (κ3) is 8.05. The van der Waals surface area contributed by atoms with Gasteiger partial charge in [-0.2, -0.15) is 0 Å². The molecule has 4 aromatic heterocycles. The van der Waals surface area contributed by atoms with E-state index in [1.807, 2.05) is 30.5 Å². The Labute approximate surface area is 393 Å². The topological polar surface area (TPSA) is 57.0 Å². The van der Waals surface area contributed by atoms with E-state index in [0.29, 0.717) is 0 Å². The molecule has 0 aliphatic carbocycles. The molecule has 8 heteroatoms. The van der Waals surface area contributed by atoms with E-state index >= 15 is 0 Å². The fraction of sp³-hybridized carbons (Fsp3) is 0.158. The van der Waals surface area contributed by atoms with Crippen molar-refractivity contribution in [3.05, 3.63) is 181 Å². The van der Waals surface area contributed by atoms with Crippen LogP contribution in [0.3, 0.4) is 0 Å². The molecule has 11 aromatic rings. The summed E-state index contributed by atoms with van der Waals surface area (Å²) in [7, 11) is -1.30. The van der Waals surface area contributed by atoms with Crippen molar-refractivity contribution in [3.63, 3.8) is 0 Å². The normalized spacial score (nSPS) is 11.8. The number of pyridine rings is 1. The van der Waals surface area contributed by atoms with Crippen molar-refractivity contribution in [3.8, 4) is 39.5 Å². The Balaban J connectivity index is 0.000000250. The molecule has 0 spiro atoms. The number of halogens is 1. The van der Waals surface area contributed by atoms with Gasteiger partial charge in [-0.3, -0.25) is 9.37 Å². The number of benzene rings is 7. The first-order chi connectivity index (χ1) is 30.9. The molecule has 1 radical (unpaired) electrons. The molecule has 5 nitrogen and oxygen atoms in total. The Morgan fingerprint density at radius 1 is 0.646 bits per heavy atom. The molecule has 65 heavy (non-hydrogen) atoms. The molecule has 0 amide bonds. The Morgan fingerprint density at radius 2 is 1.38 bits per heavy atom. The van der Waals surface area contributed by atoms with Gasteiger partial charge in [0.05, 0.1) is 30.5 Å². The molecule has 0 aliphatic rings. The summed E-state index contributed by atoms with van der Waals surface area (Å²) in [4.78, 5) is 9.74. The zero-order valence-corrected chi connectivity index (χ0v) is 40.9. The molecule has 0 N–H and O–H groups in total. The van der Waals surface area contributed by atoms with Crippen LogP contribution in [0.25, 0.3) is 94.4 Å². The number of hydrogen-bond donors (Lipinski definition) is 0. The van der Waals surface area contributed by atoms with Crippen LogP contribution in [-0.2, 0) is 20.1 Å². The number of imidazole rings is 1. The van der Waals surface area contributed by atoms with Gasteiger partial charge in [0.1, 0.15) is 16.7 Å². The minimum absolute atomic E-state index is 0. The maximum Gasteiger partial charge on any atom is 0.140 e. The van der Waals surface area contributed by atoms with E-state index in [2.05, 4.69) is 172 Å². The summed E-state index contributed by atoms with van der Waals surface area (Å²) < 4.78 is 28.5. The van der Waals surface area contributed by atoms with E-state index in [1.165, 1.54) is 28.4 Å². The second-order valence-electron chi connectivity index (χ2n) is 18.1. The molecule has 0 bridgehead atoms. The van der Waals surface area contributed by atoms with Gasteiger partial charge in [0.25, 0.3) is 0 Å². The van der Waals surface area contributed by atoms with Gasteiger partial charge in [0.2, 0.25) is 0 Å². The number of nitrogens with zero attached hydrogens (tertiary/aromatic N) is 3. The first kappa shape index (κ1) is 43.8. The maximum absolute atomic E-state index is 12.8. The zero-order valence-electron chi connectivity index (χ0n) is 37.5. The van der Waals surface area contributed by atoms with Crippen LogP contribution in [0, 0.1) is 17.9 Å². The molecule has 7 aromatic carbocycles. The van der Waals surface area contributed by atoms with Gasteiger partial charge in [0.15, 0.2) is 0 Å². The predicted octanol–water partition coefficient (Wildman–Crippen LogP) is 15.4. The smallest absolute Gasteiger partial charge is 0.140 e. The molecule has 0 aliphatic heterocycles. The summed E-state index contributed by atoms with van der Waals surface area (Å²) in [6.45, 7) is 15.9. The zero-order chi connectivity index (χ0) is 44.3. The van der Waals surface area contributed by atoms with Crippen LogP contribution in [0.2, 0.25) is 19.6 Å². The molecule has 0 fully saturated rings. The van der Waals surface area contributed by atoms with Crippen LogP contribution in [0.5, 0.6) is 0 Å². The summed E-state index contributed by atoms with van der Waals surface area (Å²) in [5.74, 6) is 0.964. The third-order valence-electron chi connectivity index (χ3n) is 12.1. The fourth-order valence-electron chi connectivity index (χ4n) is 8.82. The van der Waals surface area contributed by atoms with E-state index < -0.39 is 8.07 Å². The standard InChI is InChI=1S/C43H33N2O2.C14H15FNSi.Ir/c1-25(2)33-24-34-29-15-8-11-20-37(29)46-42(34)39(26(3)4)40(33)45-36-19-10-9-18-35(36)44-43(45)32-17-12-16-31-30-22-21-28(23-38(30)47-41(31)32)27-13-6-5-7-14-27;1-17(2,3)13-8-9-14(16-10-13)11-4-6-12(15)7-5-11;/h5-16,18-26H,1-4H3;4,6-10H,1-3H3;/q2*-1;. The molecule has 325 valence electrons. The second-order valence-corrected chi connectivity index (χ2v) is 23.2. The van der Waals surface area contributed by atoms with Gasteiger partial charge in [-0.05, 0) is 69.7 Å². The first-order valence-electron chi connectivity index (χ1n) is 22.0. The molecule has 0 unspecified atom stereocenters. The Hall–Kier alpha value is -6.44. The van der Waals surface area contributed by atoms with Crippen molar-refractivity contribution < 1.29 is 33.3 Å². The van der Waals surface area contributed by atoms with E-state index in [9.17, 15) is 4.39 Å². The molecule has 11 rings (SSSR count). The van der Waals surface area contributed by atoms with Crippen molar-refractivity contribution in [1.82, 2.24) is 14.5 Å². The summed E-state index contributed by atoms with van der Waals surface area (Å²) in [6.07, 6.45) is 1.93. The van der Waals surface area contributed by atoms with E-state index in [1.54, 1.807) is 6.07 Å². The number of fused-ring (bicyclic) bond motifs is 7. The monoisotopic (exact) mass is 1050 g/mol. The molecular formula is C57H48FIrN3O2Si-2. The number of aromatic nitrogens is 3. The summed E-state index contributed by atoms with van der Waals surface area (Å²) in [6, 6.07) is 55.1. The Kier molecular flexibility index (Phi) is 11.8. The second kappa shape index (κ2) is 17.5. The molecule has 0 atom stereocenters. The van der Waals surface area contributed by atoms with E-state index in [-0.39, 0.29) is 37.8 Å². The number of furan rings is 2. The molecule has 0 saturated heterocycles. The SMILES string of the molecule is CC(C)c1cc2c(oc3ccccc32)c(C(C)C)c1-n1c(-c2[c-]ccc3c2oc2cc(-c4ccccc4)ccc23)nc2ccccc21.C[Si](C)(C)c1ccc(-c2[c-]cc(F)cc2)nc1.[Ir]. The minimum Gasteiger partial charge on any atom is -0.501 e. The van der Waals surface area contributed by atoms with Crippen molar-refractivity contribution in [1.29, 1.82) is 0 Å². The van der Waals surface area contributed by atoms with Crippen molar-refractivity contribution in [2.75, 3.05) is 0 Å². The molecule has 4 heterocycles. The largest absolute Gasteiger partial charge is 0.501 e. The predicted molar refractivity (Wildman–Crippen MR) is 265 cm³/mol. The first-order valence-corrected chi connectivity index (χ1v) is 25.5.